The van der Waals surface area contributed by atoms with E-state index in [0.29, 0.717) is 37.2 Å². The molecule has 1 aliphatic heterocycles. The minimum Gasteiger partial charge on any atom is -0.481 e. The summed E-state index contributed by atoms with van der Waals surface area (Å²) in [6.07, 6.45) is 0.774. The molecule has 0 saturated carbocycles. The van der Waals surface area contributed by atoms with Crippen LogP contribution in [0.3, 0.4) is 0 Å². The van der Waals surface area contributed by atoms with Crippen LogP contribution >= 0.6 is 0 Å². The van der Waals surface area contributed by atoms with Gasteiger partial charge in [0.1, 0.15) is 12.4 Å². The second-order valence-corrected chi connectivity index (χ2v) is 9.97. The number of esters is 1. The van der Waals surface area contributed by atoms with E-state index in [0.717, 1.165) is 0 Å². The van der Waals surface area contributed by atoms with Gasteiger partial charge in [-0.05, 0) is 69.0 Å². The molecule has 1 fully saturated rings. The van der Waals surface area contributed by atoms with Gasteiger partial charge in [-0.25, -0.2) is 8.42 Å². The number of hydrogen-bond acceptors (Lipinski definition) is 6. The first-order valence-corrected chi connectivity index (χ1v) is 12.8. The fourth-order valence-corrected chi connectivity index (χ4v) is 5.94. The summed E-state index contributed by atoms with van der Waals surface area (Å²) in [4.78, 5) is 27.3. The lowest BCUT2D eigenvalue weighted by molar-refractivity contribution is -0.144. The second kappa shape index (κ2) is 11.7. The summed E-state index contributed by atoms with van der Waals surface area (Å²) in [7, 11) is -4.02. The Kier molecular flexibility index (Phi) is 8.72. The van der Waals surface area contributed by atoms with Crippen LogP contribution in [-0.4, -0.2) is 56.7 Å². The minimum atomic E-state index is -4.02. The number of hydrogen-bond donors (Lipinski definition) is 0. The molecule has 0 aliphatic carbocycles. The molecule has 2 aromatic carbocycles. The number of piperidine rings is 1. The molecular weight excluding hydrogens is 454 g/mol. The van der Waals surface area contributed by atoms with E-state index in [1.807, 2.05) is 6.07 Å². The number of nitrogens with zero attached hydrogens (tertiary/aromatic N) is 1. The molecule has 2 aromatic rings. The molecule has 3 rings (SSSR count). The number of carbonyl (C=O) groups excluding carboxylic acids is 2. The molecule has 1 saturated heterocycles. The molecule has 0 radical (unpaired) electrons. The van der Waals surface area contributed by atoms with Crippen LogP contribution in [0, 0.1) is 17.8 Å². The van der Waals surface area contributed by atoms with E-state index in [1.54, 1.807) is 55.1 Å². The molecule has 1 amide bonds. The van der Waals surface area contributed by atoms with Crippen molar-refractivity contribution in [2.45, 2.75) is 36.8 Å². The highest BCUT2D eigenvalue weighted by Gasteiger charge is 2.43. The van der Waals surface area contributed by atoms with Crippen LogP contribution in [-0.2, 0) is 19.4 Å². The molecule has 1 heterocycles. The highest BCUT2D eigenvalue weighted by molar-refractivity contribution is 7.92. The first kappa shape index (κ1) is 25.3. The summed E-state index contributed by atoms with van der Waals surface area (Å²) in [5.41, 5.74) is 0.586. The van der Waals surface area contributed by atoms with Crippen molar-refractivity contribution >= 4 is 21.7 Å². The quantitative estimate of drug-likeness (QED) is 0.423. The van der Waals surface area contributed by atoms with Crippen LogP contribution in [0.4, 0.5) is 0 Å². The SMILES string of the molecule is CC#CCOc1ccc(S(=O)(=O)C(C(=O)OCC)C2CCN(C(=O)c3ccccc3)CC2)cc1. The van der Waals surface area contributed by atoms with Crippen molar-refractivity contribution in [3.8, 4) is 17.6 Å². The van der Waals surface area contributed by atoms with E-state index in [1.165, 1.54) is 12.1 Å². The van der Waals surface area contributed by atoms with Gasteiger partial charge in [0, 0.05) is 18.7 Å². The van der Waals surface area contributed by atoms with Gasteiger partial charge < -0.3 is 14.4 Å². The maximum absolute atomic E-state index is 13.5. The maximum atomic E-state index is 13.5. The average Bonchev–Trinajstić information content (AvgIpc) is 2.85. The molecule has 0 spiro atoms. The fourth-order valence-electron chi connectivity index (χ4n) is 4.03. The highest BCUT2D eigenvalue weighted by Crippen LogP contribution is 2.31. The normalized spacial score (nSPS) is 15.1. The lowest BCUT2D eigenvalue weighted by Gasteiger charge is -2.35. The van der Waals surface area contributed by atoms with Crippen LogP contribution in [0.25, 0.3) is 0 Å². The lowest BCUT2D eigenvalue weighted by Crippen LogP contribution is -2.46. The predicted molar refractivity (Wildman–Crippen MR) is 128 cm³/mol. The zero-order chi connectivity index (χ0) is 24.6. The third kappa shape index (κ3) is 5.97. The van der Waals surface area contributed by atoms with Gasteiger partial charge in [0.25, 0.3) is 5.91 Å². The number of ether oxygens (including phenoxy) is 2. The molecule has 0 aromatic heterocycles. The molecule has 1 atom stereocenters. The van der Waals surface area contributed by atoms with Crippen molar-refractivity contribution in [2.75, 3.05) is 26.3 Å². The van der Waals surface area contributed by atoms with Crippen LogP contribution in [0.15, 0.2) is 59.5 Å². The zero-order valence-corrected chi connectivity index (χ0v) is 20.2. The Morgan fingerprint density at radius 3 is 2.29 bits per heavy atom. The van der Waals surface area contributed by atoms with Crippen molar-refractivity contribution in [3.63, 3.8) is 0 Å². The lowest BCUT2D eigenvalue weighted by atomic mass is 9.92. The van der Waals surface area contributed by atoms with Gasteiger partial charge in [-0.15, -0.1) is 5.92 Å². The van der Waals surface area contributed by atoms with Gasteiger partial charge in [-0.2, -0.15) is 0 Å². The molecule has 180 valence electrons. The molecule has 0 bridgehead atoms. The molecule has 0 N–H and O–H groups in total. The monoisotopic (exact) mass is 483 g/mol. The third-order valence-corrected chi connectivity index (χ3v) is 7.94. The van der Waals surface area contributed by atoms with Gasteiger partial charge in [-0.3, -0.25) is 9.59 Å². The molecule has 8 heteroatoms. The average molecular weight is 484 g/mol. The van der Waals surface area contributed by atoms with Crippen molar-refractivity contribution in [1.82, 2.24) is 4.90 Å². The Balaban J connectivity index is 1.77. The number of benzene rings is 2. The van der Waals surface area contributed by atoms with Crippen LogP contribution in [0.5, 0.6) is 5.75 Å². The first-order valence-electron chi connectivity index (χ1n) is 11.3. The van der Waals surface area contributed by atoms with Gasteiger partial charge in [-0.1, -0.05) is 24.1 Å². The van der Waals surface area contributed by atoms with Crippen molar-refractivity contribution in [2.24, 2.45) is 5.92 Å². The van der Waals surface area contributed by atoms with E-state index in [2.05, 4.69) is 11.8 Å². The predicted octanol–water partition coefficient (Wildman–Crippen LogP) is 3.35. The molecule has 34 heavy (non-hydrogen) atoms. The number of carbonyl (C=O) groups is 2. The first-order chi connectivity index (χ1) is 16.4. The Labute approximate surface area is 201 Å². The maximum Gasteiger partial charge on any atom is 0.324 e. The molecule has 7 nitrogen and oxygen atoms in total. The van der Waals surface area contributed by atoms with Crippen LogP contribution < -0.4 is 4.74 Å². The Bertz CT molecular complexity index is 1140. The summed E-state index contributed by atoms with van der Waals surface area (Å²) in [6.45, 7) is 4.38. The van der Waals surface area contributed by atoms with E-state index in [4.69, 9.17) is 9.47 Å². The summed E-state index contributed by atoms with van der Waals surface area (Å²) < 4.78 is 37.6. The molecule has 1 aliphatic rings. The largest absolute Gasteiger partial charge is 0.481 e. The number of likely N-dealkylation sites (tertiary alicyclic amines) is 1. The van der Waals surface area contributed by atoms with Crippen molar-refractivity contribution < 1.29 is 27.5 Å². The number of rotatable bonds is 8. The van der Waals surface area contributed by atoms with Gasteiger partial charge in [0.2, 0.25) is 0 Å². The zero-order valence-electron chi connectivity index (χ0n) is 19.4. The Morgan fingerprint density at radius 1 is 1.06 bits per heavy atom. The van der Waals surface area contributed by atoms with Gasteiger partial charge in [0.05, 0.1) is 11.5 Å². The standard InChI is InChI=1S/C26H29NO6S/c1-3-5-19-33-22-11-13-23(14-12-22)34(30,31)24(26(29)32-4-2)20-15-17-27(18-16-20)25(28)21-9-7-6-8-10-21/h6-14,20,24H,4,15-19H2,1-2H3. The number of sulfone groups is 1. The van der Waals surface area contributed by atoms with Crippen molar-refractivity contribution in [1.29, 1.82) is 0 Å². The number of amides is 1. The van der Waals surface area contributed by atoms with E-state index < -0.39 is 27.0 Å². The molecule has 1 unspecified atom stereocenters. The van der Waals surface area contributed by atoms with E-state index in [9.17, 15) is 18.0 Å². The topological polar surface area (TPSA) is 90.0 Å². The summed E-state index contributed by atoms with van der Waals surface area (Å²) in [6, 6.07) is 14.9. The summed E-state index contributed by atoms with van der Waals surface area (Å²) in [5, 5.41) is -1.33. The second-order valence-electron chi connectivity index (χ2n) is 7.90. The smallest absolute Gasteiger partial charge is 0.324 e. The Morgan fingerprint density at radius 2 is 1.71 bits per heavy atom. The van der Waals surface area contributed by atoms with Gasteiger partial charge in [0.15, 0.2) is 15.1 Å². The summed E-state index contributed by atoms with van der Waals surface area (Å²) >= 11 is 0. The highest BCUT2D eigenvalue weighted by atomic mass is 32.2. The van der Waals surface area contributed by atoms with Crippen molar-refractivity contribution in [3.05, 3.63) is 60.2 Å². The summed E-state index contributed by atoms with van der Waals surface area (Å²) in [5.74, 6) is 4.67. The van der Waals surface area contributed by atoms with Crippen LogP contribution in [0.1, 0.15) is 37.0 Å². The van der Waals surface area contributed by atoms with Crippen LogP contribution in [0.2, 0.25) is 0 Å². The Hall–Kier alpha value is -3.31. The molecular formula is C26H29NO6S. The minimum absolute atomic E-state index is 0.0299. The van der Waals surface area contributed by atoms with E-state index in [-0.39, 0.29) is 24.0 Å². The fraction of sp³-hybridized carbons (Fsp3) is 0.385. The van der Waals surface area contributed by atoms with Gasteiger partial charge >= 0.3 is 5.97 Å². The van der Waals surface area contributed by atoms with E-state index >= 15 is 0 Å². The third-order valence-electron chi connectivity index (χ3n) is 5.77.